The number of aromatic amines is 1. The zero-order chi connectivity index (χ0) is 30.6. The van der Waals surface area contributed by atoms with E-state index in [-0.39, 0.29) is 0 Å². The van der Waals surface area contributed by atoms with Crippen LogP contribution in [0.3, 0.4) is 0 Å². The lowest BCUT2D eigenvalue weighted by Gasteiger charge is -2.26. The molecule has 16 heteroatoms. The number of nitrogens with zero attached hydrogens (tertiary/aromatic N) is 4. The molecular weight excluding hydrogens is 564 g/mol. The van der Waals surface area contributed by atoms with Crippen LogP contribution in [0.25, 0.3) is 12.2 Å². The Labute approximate surface area is 229 Å². The number of hydrogen-bond donors (Lipinski definition) is 3. The number of fused-ring (bicyclic) bond motifs is 1. The molecule has 0 fully saturated rings. The monoisotopic (exact) mass is 591 g/mol. The molecule has 1 aliphatic heterocycles. The summed E-state index contributed by atoms with van der Waals surface area (Å²) in [4.78, 5) is 24.8. The Kier molecular flexibility index (Phi) is 12.1. The topological polar surface area (TPSA) is 134 Å². The zero-order valence-corrected chi connectivity index (χ0v) is 21.6. The molecule has 1 aliphatic rings. The van der Waals surface area contributed by atoms with E-state index in [1.165, 1.54) is 16.8 Å². The number of carbonyl (C=O) groups is 2. The summed E-state index contributed by atoms with van der Waals surface area (Å²) < 4.78 is 70.8. The average Bonchev–Trinajstić information content (AvgIpc) is 3.52. The van der Waals surface area contributed by atoms with Crippen LogP contribution >= 0.6 is 0 Å². The van der Waals surface area contributed by atoms with Crippen molar-refractivity contribution in [3.05, 3.63) is 71.1 Å². The van der Waals surface area contributed by atoms with Gasteiger partial charge in [-0.1, -0.05) is 36.4 Å². The molecule has 0 amide bonds. The number of ether oxygens (including phenoxy) is 1. The Morgan fingerprint density at radius 1 is 1.05 bits per heavy atom. The van der Waals surface area contributed by atoms with Crippen LogP contribution in [0.15, 0.2) is 42.7 Å². The van der Waals surface area contributed by atoms with Crippen LogP contribution in [0.1, 0.15) is 28.3 Å². The zero-order valence-electron chi connectivity index (χ0n) is 21.6. The van der Waals surface area contributed by atoms with Crippen molar-refractivity contribution in [1.82, 2.24) is 24.6 Å². The molecule has 10 nitrogen and oxygen atoms in total. The molecule has 1 aromatic carbocycles. The highest BCUT2D eigenvalue weighted by atomic mass is 19.4. The van der Waals surface area contributed by atoms with E-state index in [0.29, 0.717) is 6.61 Å². The summed E-state index contributed by atoms with van der Waals surface area (Å²) in [5.41, 5.74) is 4.76. The quantitative estimate of drug-likeness (QED) is 0.348. The Morgan fingerprint density at radius 3 is 2.22 bits per heavy atom. The Balaban J connectivity index is 0.000000349. The first-order valence-electron chi connectivity index (χ1n) is 11.8. The van der Waals surface area contributed by atoms with Gasteiger partial charge in [0.2, 0.25) is 0 Å². The van der Waals surface area contributed by atoms with Crippen molar-refractivity contribution < 1.29 is 50.9 Å². The first-order valence-corrected chi connectivity index (χ1v) is 11.8. The van der Waals surface area contributed by atoms with E-state index < -0.39 is 24.3 Å². The number of nitrogens with one attached hydrogen (secondary N) is 1. The van der Waals surface area contributed by atoms with Gasteiger partial charge in [0.1, 0.15) is 5.82 Å². The summed E-state index contributed by atoms with van der Waals surface area (Å²) in [6, 6.07) is 10.3. The number of hydrogen-bond acceptors (Lipinski definition) is 6. The number of carboxylic acids is 2. The summed E-state index contributed by atoms with van der Waals surface area (Å²) in [6.45, 7) is 4.26. The Bertz CT molecular complexity index is 1260. The number of aromatic nitrogens is 4. The molecule has 0 bridgehead atoms. The normalized spacial score (nSPS) is 13.5. The molecule has 4 rings (SSSR count). The molecule has 3 N–H and O–H groups in total. The minimum absolute atomic E-state index is 0.698. The van der Waals surface area contributed by atoms with Gasteiger partial charge in [0.15, 0.2) is 0 Å². The molecule has 0 saturated carbocycles. The molecular formula is C25H27F6N5O5. The van der Waals surface area contributed by atoms with Crippen LogP contribution in [0.4, 0.5) is 26.3 Å². The van der Waals surface area contributed by atoms with E-state index in [4.69, 9.17) is 24.5 Å². The molecule has 224 valence electrons. The maximum atomic E-state index is 10.6. The van der Waals surface area contributed by atoms with Crippen LogP contribution in [0.2, 0.25) is 0 Å². The summed E-state index contributed by atoms with van der Waals surface area (Å²) >= 11 is 0. The predicted molar refractivity (Wildman–Crippen MR) is 133 cm³/mol. The lowest BCUT2D eigenvalue weighted by molar-refractivity contribution is -0.193. The first-order chi connectivity index (χ1) is 19.2. The summed E-state index contributed by atoms with van der Waals surface area (Å²) in [5.74, 6) is -4.43. The molecule has 41 heavy (non-hydrogen) atoms. The minimum atomic E-state index is -5.08. The number of aliphatic carboxylic acids is 2. The van der Waals surface area contributed by atoms with Gasteiger partial charge in [0.05, 0.1) is 18.8 Å². The van der Waals surface area contributed by atoms with E-state index in [2.05, 4.69) is 48.9 Å². The number of imidazole rings is 1. The van der Waals surface area contributed by atoms with Crippen molar-refractivity contribution in [3.63, 3.8) is 0 Å². The van der Waals surface area contributed by atoms with Crippen molar-refractivity contribution in [3.8, 4) is 0 Å². The second kappa shape index (κ2) is 15.0. The van der Waals surface area contributed by atoms with Gasteiger partial charge in [-0.3, -0.25) is 10.00 Å². The second-order valence-corrected chi connectivity index (χ2v) is 8.41. The third-order valence-electron chi connectivity index (χ3n) is 5.47. The van der Waals surface area contributed by atoms with Crippen LogP contribution in [0, 0.1) is 0 Å². The van der Waals surface area contributed by atoms with Gasteiger partial charge in [-0.15, -0.1) is 0 Å². The van der Waals surface area contributed by atoms with E-state index in [9.17, 15) is 26.3 Å². The Morgan fingerprint density at radius 2 is 1.66 bits per heavy atom. The highest BCUT2D eigenvalue weighted by Crippen LogP contribution is 2.23. The number of H-pyrrole nitrogens is 1. The van der Waals surface area contributed by atoms with Crippen molar-refractivity contribution in [2.45, 2.75) is 38.4 Å². The molecule has 0 atom stereocenters. The number of rotatable bonds is 7. The van der Waals surface area contributed by atoms with E-state index in [1.54, 1.807) is 7.11 Å². The van der Waals surface area contributed by atoms with Gasteiger partial charge in [-0.25, -0.2) is 14.6 Å². The molecule has 0 saturated heterocycles. The Hall–Kier alpha value is -4.18. The van der Waals surface area contributed by atoms with Gasteiger partial charge in [0.25, 0.3) is 0 Å². The second-order valence-electron chi connectivity index (χ2n) is 8.41. The number of alkyl halides is 6. The molecule has 0 unspecified atom stereocenters. The highest BCUT2D eigenvalue weighted by Gasteiger charge is 2.38. The fraction of sp³-hybridized carbons (Fsp3) is 0.360. The number of methoxy groups -OCH3 is 1. The largest absolute Gasteiger partial charge is 0.490 e. The van der Waals surface area contributed by atoms with Crippen molar-refractivity contribution in [2.75, 3.05) is 20.3 Å². The van der Waals surface area contributed by atoms with Gasteiger partial charge >= 0.3 is 24.3 Å². The van der Waals surface area contributed by atoms with Crippen molar-refractivity contribution in [2.24, 2.45) is 0 Å². The maximum absolute atomic E-state index is 10.6. The van der Waals surface area contributed by atoms with Gasteiger partial charge in [0, 0.05) is 56.8 Å². The van der Waals surface area contributed by atoms with Gasteiger partial charge < -0.3 is 19.5 Å². The summed E-state index contributed by atoms with van der Waals surface area (Å²) in [7, 11) is 1.73. The molecule has 0 radical (unpaired) electrons. The molecule has 2 aromatic heterocycles. The van der Waals surface area contributed by atoms with Crippen molar-refractivity contribution >= 4 is 24.1 Å². The van der Waals surface area contributed by atoms with E-state index in [0.717, 1.165) is 44.1 Å². The van der Waals surface area contributed by atoms with Gasteiger partial charge in [-0.2, -0.15) is 31.4 Å². The van der Waals surface area contributed by atoms with Crippen LogP contribution < -0.4 is 0 Å². The first kappa shape index (κ1) is 33.0. The number of benzene rings is 1. The molecule has 0 spiro atoms. The summed E-state index contributed by atoms with van der Waals surface area (Å²) in [5, 5.41) is 22.0. The fourth-order valence-corrected chi connectivity index (χ4v) is 3.47. The lowest BCUT2D eigenvalue weighted by Crippen LogP contribution is -2.31. The standard InChI is InChI=1S/C21H25N5O.2C2HF3O2/c1-27-14-13-26-12-10-22-21(26)16-25-11-9-20-18(15-25)19(23-24-20)8-7-17-5-3-2-4-6-17;2*3-2(4,5)1(6)7/h2-8,10,12H,9,11,13-16H2,1H3,(H,23,24);2*(H,6,7)/b8-7+;;. The predicted octanol–water partition coefficient (Wildman–Crippen LogP) is 4.25. The smallest absolute Gasteiger partial charge is 0.475 e. The molecule has 3 aromatic rings. The minimum Gasteiger partial charge on any atom is -0.475 e. The van der Waals surface area contributed by atoms with Crippen LogP contribution in [-0.4, -0.2) is 79.4 Å². The van der Waals surface area contributed by atoms with E-state index >= 15 is 0 Å². The average molecular weight is 592 g/mol. The number of carboxylic acid groups (broad SMARTS) is 2. The highest BCUT2D eigenvalue weighted by molar-refractivity contribution is 5.73. The van der Waals surface area contributed by atoms with E-state index in [1.807, 2.05) is 30.6 Å². The maximum Gasteiger partial charge on any atom is 0.490 e. The van der Waals surface area contributed by atoms with Crippen molar-refractivity contribution in [1.29, 1.82) is 0 Å². The summed E-state index contributed by atoms with van der Waals surface area (Å²) in [6.07, 6.45) is -1.07. The van der Waals surface area contributed by atoms with Crippen LogP contribution in [0.5, 0.6) is 0 Å². The fourth-order valence-electron chi connectivity index (χ4n) is 3.47. The third-order valence-corrected chi connectivity index (χ3v) is 5.47. The number of halogens is 6. The lowest BCUT2D eigenvalue weighted by atomic mass is 10.0. The SMILES string of the molecule is COCCn1ccnc1CN1CCc2[nH]nc(/C=C/c3ccccc3)c2C1.O=C(O)C(F)(F)F.O=C(O)C(F)(F)F. The third kappa shape index (κ3) is 11.1. The molecule has 0 aliphatic carbocycles. The molecule has 3 heterocycles. The van der Waals surface area contributed by atoms with Crippen LogP contribution in [-0.2, 0) is 40.4 Å². The van der Waals surface area contributed by atoms with Gasteiger partial charge in [-0.05, 0) is 11.6 Å².